The van der Waals surface area contributed by atoms with Gasteiger partial charge in [0.25, 0.3) is 0 Å². The zero-order valence-corrected chi connectivity index (χ0v) is 20.6. The summed E-state index contributed by atoms with van der Waals surface area (Å²) in [6, 6.07) is 47.8. The lowest BCUT2D eigenvalue weighted by Crippen LogP contribution is -1.89. The highest BCUT2D eigenvalue weighted by Gasteiger charge is 2.24. The highest BCUT2D eigenvalue weighted by molar-refractivity contribution is 6.25. The van der Waals surface area contributed by atoms with Crippen LogP contribution < -0.4 is 0 Å². The quantitative estimate of drug-likeness (QED) is 0.226. The number of hydrogen-bond acceptors (Lipinski definition) is 1. The summed E-state index contributed by atoms with van der Waals surface area (Å²) in [4.78, 5) is 0. The molecule has 0 atom stereocenters. The van der Waals surface area contributed by atoms with Crippen molar-refractivity contribution in [2.45, 2.75) is 0 Å². The van der Waals surface area contributed by atoms with E-state index in [0.717, 1.165) is 11.1 Å². The zero-order valence-electron chi connectivity index (χ0n) is 20.6. The van der Waals surface area contributed by atoms with Gasteiger partial charge in [-0.15, -0.1) is 0 Å². The normalized spacial score (nSPS) is 11.7. The molecular weight excluding hydrogens is 458 g/mol. The number of rotatable bonds is 2. The van der Waals surface area contributed by atoms with E-state index in [2.05, 4.69) is 115 Å². The Hall–Kier alpha value is -5.19. The molecule has 174 valence electrons. The van der Waals surface area contributed by atoms with Crippen molar-refractivity contribution in [3.05, 3.63) is 133 Å². The van der Waals surface area contributed by atoms with Crippen LogP contribution in [0.5, 0.6) is 0 Å². The third-order valence-electron chi connectivity index (χ3n) is 8.01. The van der Waals surface area contributed by atoms with Crippen LogP contribution in [-0.4, -0.2) is 0 Å². The lowest BCUT2D eigenvalue weighted by molar-refractivity contribution is 1.48. The number of fused-ring (bicyclic) bond motifs is 6. The number of nitriles is 1. The van der Waals surface area contributed by atoms with Crippen LogP contribution in [0.4, 0.5) is 0 Å². The average Bonchev–Trinajstić information content (AvgIpc) is 3.29. The van der Waals surface area contributed by atoms with E-state index in [9.17, 15) is 5.26 Å². The molecule has 0 bridgehead atoms. The summed E-state index contributed by atoms with van der Waals surface area (Å²) >= 11 is 0. The van der Waals surface area contributed by atoms with Crippen LogP contribution in [0.25, 0.3) is 76.8 Å². The second-order valence-electron chi connectivity index (χ2n) is 10.0. The Morgan fingerprint density at radius 2 is 1.05 bits per heavy atom. The van der Waals surface area contributed by atoms with Crippen molar-refractivity contribution in [1.29, 1.82) is 5.26 Å². The van der Waals surface area contributed by atoms with E-state index in [1.807, 2.05) is 18.2 Å². The summed E-state index contributed by atoms with van der Waals surface area (Å²) in [5.41, 5.74) is 10.5. The predicted octanol–water partition coefficient (Wildman–Crippen LogP) is 10.00. The third-order valence-corrected chi connectivity index (χ3v) is 8.01. The van der Waals surface area contributed by atoms with Gasteiger partial charge >= 0.3 is 0 Å². The Labute approximate surface area is 220 Å². The lowest BCUT2D eigenvalue weighted by atomic mass is 9.88. The van der Waals surface area contributed by atoms with Gasteiger partial charge in [0.15, 0.2) is 0 Å². The smallest absolute Gasteiger partial charge is 0.0991 e. The SMILES string of the molecule is N#Cc1cccc(-c2ccc(-c3ccccc3)c3cc4c(cc23)-c2cccc3c2c-4cc2ccccc23)c1. The maximum absolute atomic E-state index is 9.56. The molecule has 7 aromatic rings. The van der Waals surface area contributed by atoms with Crippen LogP contribution in [0.1, 0.15) is 5.56 Å². The largest absolute Gasteiger partial charge is 0.192 e. The number of nitrogens with zero attached hydrogens (tertiary/aromatic N) is 1. The molecule has 0 spiro atoms. The summed E-state index contributed by atoms with van der Waals surface area (Å²) in [6.07, 6.45) is 0. The van der Waals surface area contributed by atoms with E-state index in [-0.39, 0.29) is 0 Å². The molecule has 0 aromatic heterocycles. The van der Waals surface area contributed by atoms with Gasteiger partial charge in [0.05, 0.1) is 11.6 Å². The van der Waals surface area contributed by atoms with Crippen molar-refractivity contribution in [2.24, 2.45) is 0 Å². The van der Waals surface area contributed by atoms with E-state index < -0.39 is 0 Å². The predicted molar refractivity (Wildman–Crippen MR) is 159 cm³/mol. The Morgan fingerprint density at radius 1 is 0.395 bits per heavy atom. The van der Waals surface area contributed by atoms with E-state index in [4.69, 9.17) is 0 Å². The lowest BCUT2D eigenvalue weighted by Gasteiger charge is -2.15. The van der Waals surface area contributed by atoms with Gasteiger partial charge in [-0.25, -0.2) is 0 Å². The van der Waals surface area contributed by atoms with Crippen LogP contribution in [0.15, 0.2) is 127 Å². The fourth-order valence-corrected chi connectivity index (χ4v) is 6.31. The number of benzene rings is 7. The molecule has 0 saturated carbocycles. The summed E-state index contributed by atoms with van der Waals surface area (Å²) in [7, 11) is 0. The molecule has 0 amide bonds. The van der Waals surface area contributed by atoms with Gasteiger partial charge in [-0.05, 0) is 107 Å². The minimum atomic E-state index is 0.674. The highest BCUT2D eigenvalue weighted by atomic mass is 14.3. The van der Waals surface area contributed by atoms with E-state index in [0.29, 0.717) is 5.56 Å². The van der Waals surface area contributed by atoms with Crippen molar-refractivity contribution in [2.75, 3.05) is 0 Å². The van der Waals surface area contributed by atoms with Gasteiger partial charge in [-0.2, -0.15) is 5.26 Å². The van der Waals surface area contributed by atoms with Gasteiger partial charge < -0.3 is 0 Å². The summed E-state index contributed by atoms with van der Waals surface area (Å²) in [5, 5.41) is 17.2. The molecule has 0 saturated heterocycles. The van der Waals surface area contributed by atoms with Crippen LogP contribution in [-0.2, 0) is 0 Å². The summed E-state index contributed by atoms with van der Waals surface area (Å²) in [6.45, 7) is 0. The third kappa shape index (κ3) is 2.92. The molecular formula is C37H21N. The standard InChI is InChI=1S/C37H21N/c38-22-23-8-6-12-25(18-23)29-17-16-28(24-9-2-1-3-10-24)32-21-35-34(20-33(29)32)31-15-7-14-30-27-13-5-4-11-26(27)19-36(35)37(30)31/h1-21H. The van der Waals surface area contributed by atoms with Gasteiger partial charge in [-0.1, -0.05) is 97.1 Å². The molecule has 1 aliphatic rings. The van der Waals surface area contributed by atoms with Gasteiger partial charge in [0, 0.05) is 0 Å². The number of hydrogen-bond donors (Lipinski definition) is 0. The van der Waals surface area contributed by atoms with E-state index in [1.54, 1.807) is 0 Å². The first-order valence-corrected chi connectivity index (χ1v) is 12.9. The van der Waals surface area contributed by atoms with E-state index >= 15 is 0 Å². The minimum absolute atomic E-state index is 0.674. The molecule has 0 fully saturated rings. The summed E-state index contributed by atoms with van der Waals surface area (Å²) < 4.78 is 0. The molecule has 0 radical (unpaired) electrons. The fourth-order valence-electron chi connectivity index (χ4n) is 6.31. The van der Waals surface area contributed by atoms with Gasteiger partial charge in [0.2, 0.25) is 0 Å². The monoisotopic (exact) mass is 479 g/mol. The molecule has 38 heavy (non-hydrogen) atoms. The van der Waals surface area contributed by atoms with Crippen LogP contribution in [0.3, 0.4) is 0 Å². The molecule has 0 heterocycles. The minimum Gasteiger partial charge on any atom is -0.192 e. The van der Waals surface area contributed by atoms with E-state index in [1.165, 1.54) is 65.7 Å². The van der Waals surface area contributed by atoms with Crippen molar-refractivity contribution in [3.8, 4) is 50.6 Å². The Morgan fingerprint density at radius 3 is 1.87 bits per heavy atom. The van der Waals surface area contributed by atoms with Crippen LogP contribution in [0.2, 0.25) is 0 Å². The first kappa shape index (κ1) is 20.9. The fraction of sp³-hybridized carbons (Fsp3) is 0. The maximum atomic E-state index is 9.56. The molecule has 0 unspecified atom stereocenters. The van der Waals surface area contributed by atoms with Crippen molar-refractivity contribution in [1.82, 2.24) is 0 Å². The zero-order chi connectivity index (χ0) is 25.2. The second kappa shape index (κ2) is 7.90. The maximum Gasteiger partial charge on any atom is 0.0991 e. The van der Waals surface area contributed by atoms with Gasteiger partial charge in [0.1, 0.15) is 0 Å². The van der Waals surface area contributed by atoms with Crippen LogP contribution >= 0.6 is 0 Å². The molecule has 0 aliphatic heterocycles. The Balaban J connectivity index is 1.51. The van der Waals surface area contributed by atoms with Crippen molar-refractivity contribution >= 4 is 32.3 Å². The first-order chi connectivity index (χ1) is 18.8. The first-order valence-electron chi connectivity index (χ1n) is 12.9. The molecule has 1 nitrogen and oxygen atoms in total. The summed E-state index contributed by atoms with van der Waals surface area (Å²) in [5.74, 6) is 0. The van der Waals surface area contributed by atoms with Crippen LogP contribution in [0, 0.1) is 11.3 Å². The topological polar surface area (TPSA) is 23.8 Å². The van der Waals surface area contributed by atoms with Crippen molar-refractivity contribution < 1.29 is 0 Å². The molecule has 7 aromatic carbocycles. The molecule has 1 aliphatic carbocycles. The molecule has 8 rings (SSSR count). The second-order valence-corrected chi connectivity index (χ2v) is 10.0. The molecule has 1 heteroatoms. The Bertz CT molecular complexity index is 2130. The van der Waals surface area contributed by atoms with Gasteiger partial charge in [-0.3, -0.25) is 0 Å². The highest BCUT2D eigenvalue weighted by Crippen LogP contribution is 2.52. The Kier molecular flexibility index (Phi) is 4.36. The average molecular weight is 480 g/mol. The molecule has 0 N–H and O–H groups in total. The van der Waals surface area contributed by atoms with Crippen molar-refractivity contribution in [3.63, 3.8) is 0 Å².